The maximum Gasteiger partial charge on any atom is 0.259 e. The molecule has 0 bridgehead atoms. The normalized spacial score (nSPS) is 11.1. The number of benzene rings is 1. The second-order valence-electron chi connectivity index (χ2n) is 6.62. The number of nitrogens with one attached hydrogen (secondary N) is 2. The summed E-state index contributed by atoms with van der Waals surface area (Å²) in [5.41, 5.74) is 3.20. The van der Waals surface area contributed by atoms with Crippen LogP contribution in [-0.4, -0.2) is 25.6 Å². The Morgan fingerprint density at radius 1 is 1.23 bits per heavy atom. The number of H-pyrrole nitrogens is 1. The molecule has 0 saturated heterocycles. The molecular weight excluding hydrogens is 402 g/mol. The molecule has 2 N–H and O–H groups in total. The van der Waals surface area contributed by atoms with Gasteiger partial charge in [0.1, 0.15) is 5.69 Å². The molecular formula is C21H15N5O3S. The van der Waals surface area contributed by atoms with E-state index < -0.39 is 0 Å². The fourth-order valence-electron chi connectivity index (χ4n) is 3.28. The first-order chi connectivity index (χ1) is 14.6. The monoisotopic (exact) mass is 417 g/mol. The van der Waals surface area contributed by atoms with Gasteiger partial charge in [-0.3, -0.25) is 9.36 Å². The molecule has 9 heteroatoms. The molecule has 0 radical (unpaired) electrons. The van der Waals surface area contributed by atoms with Crippen molar-refractivity contribution in [2.75, 3.05) is 5.32 Å². The van der Waals surface area contributed by atoms with Gasteiger partial charge in [-0.25, -0.2) is 4.98 Å². The first-order valence-corrected chi connectivity index (χ1v) is 9.50. The zero-order valence-corrected chi connectivity index (χ0v) is 16.6. The van der Waals surface area contributed by atoms with Gasteiger partial charge in [0.15, 0.2) is 10.5 Å². The Morgan fingerprint density at radius 2 is 2.13 bits per heavy atom. The van der Waals surface area contributed by atoms with Crippen LogP contribution >= 0.6 is 12.2 Å². The van der Waals surface area contributed by atoms with Gasteiger partial charge in [0.05, 0.1) is 22.9 Å². The lowest BCUT2D eigenvalue weighted by molar-refractivity contribution is 0.102. The molecule has 5 aromatic rings. The summed E-state index contributed by atoms with van der Waals surface area (Å²) in [4.78, 5) is 20.6. The van der Waals surface area contributed by atoms with Crippen molar-refractivity contribution in [3.8, 4) is 17.1 Å². The van der Waals surface area contributed by atoms with Gasteiger partial charge in [0, 0.05) is 23.8 Å². The molecule has 4 heterocycles. The van der Waals surface area contributed by atoms with Gasteiger partial charge in [-0.15, -0.1) is 0 Å². The highest BCUT2D eigenvalue weighted by molar-refractivity contribution is 7.71. The van der Waals surface area contributed by atoms with E-state index in [1.807, 2.05) is 35.0 Å². The summed E-state index contributed by atoms with van der Waals surface area (Å²) in [6, 6.07) is 12.6. The largest absolute Gasteiger partial charge is 0.463 e. The third-order valence-electron chi connectivity index (χ3n) is 4.67. The molecule has 0 atom stereocenters. The van der Waals surface area contributed by atoms with E-state index in [2.05, 4.69) is 20.4 Å². The number of aromatic amines is 1. The fraction of sp³-hybridized carbons (Fsp3) is 0.0476. The number of carbonyl (C=O) groups is 1. The van der Waals surface area contributed by atoms with Crippen LogP contribution in [0.25, 0.3) is 28.2 Å². The summed E-state index contributed by atoms with van der Waals surface area (Å²) in [7, 11) is 0. The van der Waals surface area contributed by atoms with Crippen molar-refractivity contribution in [2.45, 2.75) is 6.92 Å². The van der Waals surface area contributed by atoms with Crippen LogP contribution in [0.4, 0.5) is 5.69 Å². The number of furan rings is 1. The molecule has 1 aromatic carbocycles. The van der Waals surface area contributed by atoms with Crippen LogP contribution in [0, 0.1) is 11.7 Å². The first kappa shape index (κ1) is 18.1. The number of aromatic nitrogens is 4. The minimum Gasteiger partial charge on any atom is -0.463 e. The van der Waals surface area contributed by atoms with Crippen molar-refractivity contribution in [1.82, 2.24) is 19.7 Å². The summed E-state index contributed by atoms with van der Waals surface area (Å²) in [5.74, 6) is 0.222. The van der Waals surface area contributed by atoms with Gasteiger partial charge in [-0.2, -0.15) is 0 Å². The quantitative estimate of drug-likeness (QED) is 0.404. The summed E-state index contributed by atoms with van der Waals surface area (Å²) in [5, 5.41) is 7.46. The maximum absolute atomic E-state index is 13.2. The van der Waals surface area contributed by atoms with Gasteiger partial charge >= 0.3 is 0 Å². The van der Waals surface area contributed by atoms with Crippen LogP contribution in [0.15, 0.2) is 70.1 Å². The van der Waals surface area contributed by atoms with E-state index in [4.69, 9.17) is 21.2 Å². The molecule has 4 aromatic heterocycles. The van der Waals surface area contributed by atoms with Crippen molar-refractivity contribution in [3.63, 3.8) is 0 Å². The molecule has 0 unspecified atom stereocenters. The number of carbonyl (C=O) groups excluding carboxylic acids is 1. The van der Waals surface area contributed by atoms with Gasteiger partial charge in [0.25, 0.3) is 11.6 Å². The second kappa shape index (κ2) is 7.12. The number of aryl methyl sites for hydroxylation is 1. The van der Waals surface area contributed by atoms with Gasteiger partial charge in [0.2, 0.25) is 0 Å². The molecule has 1 amide bonds. The van der Waals surface area contributed by atoms with Crippen molar-refractivity contribution >= 4 is 34.9 Å². The molecule has 0 aliphatic heterocycles. The second-order valence-corrected chi connectivity index (χ2v) is 7.01. The zero-order chi connectivity index (χ0) is 20.7. The first-order valence-electron chi connectivity index (χ1n) is 9.09. The molecule has 0 saturated carbocycles. The van der Waals surface area contributed by atoms with Crippen molar-refractivity contribution in [2.24, 2.45) is 0 Å². The van der Waals surface area contributed by atoms with E-state index in [9.17, 15) is 4.79 Å². The highest BCUT2D eigenvalue weighted by atomic mass is 32.1. The number of hydrogen-bond donors (Lipinski definition) is 2. The predicted octanol–water partition coefficient (Wildman–Crippen LogP) is 4.89. The Morgan fingerprint density at radius 3 is 2.90 bits per heavy atom. The van der Waals surface area contributed by atoms with Crippen LogP contribution in [0.5, 0.6) is 0 Å². The van der Waals surface area contributed by atoms with E-state index in [1.54, 1.807) is 37.6 Å². The third-order valence-corrected chi connectivity index (χ3v) is 4.98. The number of nitrogens with zero attached hydrogens (tertiary/aromatic N) is 3. The van der Waals surface area contributed by atoms with Crippen LogP contribution in [-0.2, 0) is 0 Å². The third kappa shape index (κ3) is 3.11. The van der Waals surface area contributed by atoms with Crippen LogP contribution in [0.2, 0.25) is 0 Å². The highest BCUT2D eigenvalue weighted by Gasteiger charge is 2.20. The van der Waals surface area contributed by atoms with Crippen molar-refractivity contribution in [3.05, 3.63) is 77.1 Å². The Bertz CT molecular complexity index is 1430. The molecule has 0 aliphatic carbocycles. The summed E-state index contributed by atoms with van der Waals surface area (Å²) < 4.78 is 13.1. The smallest absolute Gasteiger partial charge is 0.259 e. The average Bonchev–Trinajstić information content (AvgIpc) is 3.49. The Labute approximate surface area is 175 Å². The number of fused-ring (bicyclic) bond motifs is 1. The molecule has 0 spiro atoms. The topological polar surface area (TPSA) is 102 Å². The van der Waals surface area contributed by atoms with Crippen molar-refractivity contribution in [1.29, 1.82) is 0 Å². The number of pyridine rings is 1. The van der Waals surface area contributed by atoms with Crippen LogP contribution in [0.1, 0.15) is 16.1 Å². The molecule has 0 fully saturated rings. The Balaban J connectivity index is 1.55. The minimum absolute atomic E-state index is 0.277. The van der Waals surface area contributed by atoms with E-state index in [0.29, 0.717) is 38.6 Å². The SMILES string of the molecule is Cc1noc2nc(-c3ccco3)cc(C(=O)Nc3cccc(-n4cc[nH]c4=S)c3)c12. The van der Waals surface area contributed by atoms with E-state index in [0.717, 1.165) is 5.69 Å². The van der Waals surface area contributed by atoms with Gasteiger partial charge in [-0.05, 0) is 55.5 Å². The predicted molar refractivity (Wildman–Crippen MR) is 113 cm³/mol. The lowest BCUT2D eigenvalue weighted by Crippen LogP contribution is -2.13. The van der Waals surface area contributed by atoms with E-state index >= 15 is 0 Å². The molecule has 30 heavy (non-hydrogen) atoms. The van der Waals surface area contributed by atoms with Crippen LogP contribution in [0.3, 0.4) is 0 Å². The summed E-state index contributed by atoms with van der Waals surface area (Å²) in [6.45, 7) is 1.77. The number of anilines is 1. The number of hydrogen-bond acceptors (Lipinski definition) is 6. The van der Waals surface area contributed by atoms with Crippen molar-refractivity contribution < 1.29 is 13.7 Å². The molecule has 5 rings (SSSR count). The average molecular weight is 417 g/mol. The van der Waals surface area contributed by atoms with Gasteiger partial charge in [-0.1, -0.05) is 11.2 Å². The Kier molecular flexibility index (Phi) is 4.29. The highest BCUT2D eigenvalue weighted by Crippen LogP contribution is 2.28. The van der Waals surface area contributed by atoms with E-state index in [-0.39, 0.29) is 11.6 Å². The summed E-state index contributed by atoms with van der Waals surface area (Å²) in [6.07, 6.45) is 5.13. The molecule has 8 nitrogen and oxygen atoms in total. The number of imidazole rings is 1. The van der Waals surface area contributed by atoms with E-state index in [1.165, 1.54) is 0 Å². The summed E-state index contributed by atoms with van der Waals surface area (Å²) >= 11 is 5.27. The number of amides is 1. The zero-order valence-electron chi connectivity index (χ0n) is 15.7. The molecule has 148 valence electrons. The number of rotatable bonds is 4. The lowest BCUT2D eigenvalue weighted by atomic mass is 10.1. The fourth-order valence-corrected chi connectivity index (χ4v) is 3.51. The molecule has 0 aliphatic rings. The maximum atomic E-state index is 13.2. The minimum atomic E-state index is -0.309. The lowest BCUT2D eigenvalue weighted by Gasteiger charge is -2.09. The van der Waals surface area contributed by atoms with Crippen LogP contribution < -0.4 is 5.32 Å². The van der Waals surface area contributed by atoms with Gasteiger partial charge < -0.3 is 19.2 Å². The Hall–Kier alpha value is -3.98. The standard InChI is InChI=1S/C21H15N5O3S/c1-12-18-15(11-16(17-6-3-9-28-17)24-20(18)29-25-12)19(27)23-13-4-2-5-14(10-13)26-8-7-22-21(26)30/h2-11H,1H3,(H,22,30)(H,23,27).